The number of hydrogen-bond acceptors (Lipinski definition) is 15. The number of nitrogens with zero attached hydrogens (tertiary/aromatic N) is 8. The Labute approximate surface area is 212 Å². The van der Waals surface area contributed by atoms with Crippen LogP contribution in [0.25, 0.3) is 5.65 Å². The summed E-state index contributed by atoms with van der Waals surface area (Å²) in [5.74, 6) is -2.21. The first-order chi connectivity index (χ1) is 17.3. The first-order valence-electron chi connectivity index (χ1n) is 9.90. The molecule has 2 amide bonds. The number of carbonyl (C=O) groups is 3. The van der Waals surface area contributed by atoms with Gasteiger partial charge in [0.15, 0.2) is 10.8 Å². The van der Waals surface area contributed by atoms with E-state index in [4.69, 9.17) is 11.5 Å². The number of thioether (sulfide) groups is 2. The van der Waals surface area contributed by atoms with Crippen molar-refractivity contribution in [1.82, 2.24) is 40.5 Å². The average molecular weight is 550 g/mol. The number of rotatable bonds is 7. The van der Waals surface area contributed by atoms with Gasteiger partial charge in [0.05, 0.1) is 5.69 Å². The summed E-state index contributed by atoms with van der Waals surface area (Å²) in [7, 11) is 0. The van der Waals surface area contributed by atoms with Gasteiger partial charge >= 0.3 is 5.97 Å². The number of thiazole rings is 1. The van der Waals surface area contributed by atoms with Gasteiger partial charge in [-0.2, -0.15) is 0 Å². The van der Waals surface area contributed by atoms with Crippen molar-refractivity contribution in [3.8, 4) is 0 Å². The molecule has 5 heterocycles. The van der Waals surface area contributed by atoms with Crippen molar-refractivity contribution in [1.29, 1.82) is 0 Å². The molecule has 2 aliphatic rings. The number of aliphatic carboxylic acids is 1. The minimum Gasteiger partial charge on any atom is -0.477 e. The number of tetrazole rings is 1. The molecule has 0 aromatic carbocycles. The molecule has 5 rings (SSSR count). The standard InChI is InChI=1S/C17H15N11O5S3/c18-6-1-8(23-28-12(6)22-25-26-28)34-2-5-3-35-15-10(14(30)27(15)11(5)16(31)32)21-13(29)9(24-33)7-4-36-17(19)20-7/h1,4,10,15,33H,2-3,18H2,(H2,19,20)(H,21,29)(H,31,32)/t10?,15-/m1/s1. The van der Waals surface area contributed by atoms with Crippen molar-refractivity contribution >= 4 is 74.8 Å². The topological polar surface area (TPSA) is 240 Å². The molecule has 0 radical (unpaired) electrons. The van der Waals surface area contributed by atoms with Crippen LogP contribution in [0.3, 0.4) is 0 Å². The number of β-lactam (4-membered cyclic amide) rings is 1. The Bertz CT molecular complexity index is 1470. The second-order valence-electron chi connectivity index (χ2n) is 7.36. The molecule has 1 fully saturated rings. The van der Waals surface area contributed by atoms with Crippen LogP contribution in [0.5, 0.6) is 0 Å². The molecule has 2 atom stereocenters. The highest BCUT2D eigenvalue weighted by Crippen LogP contribution is 2.41. The van der Waals surface area contributed by atoms with Crippen LogP contribution in [0.15, 0.2) is 32.9 Å². The minimum atomic E-state index is -1.27. The predicted molar refractivity (Wildman–Crippen MR) is 128 cm³/mol. The zero-order valence-electron chi connectivity index (χ0n) is 17.8. The van der Waals surface area contributed by atoms with E-state index in [1.165, 1.54) is 33.5 Å². The number of carbonyl (C=O) groups excluding carboxylic acids is 2. The highest BCUT2D eigenvalue weighted by molar-refractivity contribution is 8.01. The molecule has 36 heavy (non-hydrogen) atoms. The Kier molecular flexibility index (Phi) is 6.10. The normalized spacial score (nSPS) is 19.8. The van der Waals surface area contributed by atoms with E-state index in [2.05, 4.69) is 36.1 Å². The predicted octanol–water partition coefficient (Wildman–Crippen LogP) is -1.15. The van der Waals surface area contributed by atoms with E-state index in [9.17, 15) is 24.7 Å². The molecule has 0 spiro atoms. The van der Waals surface area contributed by atoms with Gasteiger partial charge in [-0.05, 0) is 22.1 Å². The number of hydrogen-bond donors (Lipinski definition) is 5. The molecule has 3 aromatic heterocycles. The quantitative estimate of drug-likeness (QED) is 0.0768. The third-order valence-corrected chi connectivity index (χ3v) is 8.20. The molecule has 0 saturated carbocycles. The monoisotopic (exact) mass is 549 g/mol. The van der Waals surface area contributed by atoms with Crippen LogP contribution in [-0.4, -0.2) is 91.9 Å². The zero-order chi connectivity index (χ0) is 25.6. The lowest BCUT2D eigenvalue weighted by Crippen LogP contribution is -2.71. The van der Waals surface area contributed by atoms with Crippen molar-refractivity contribution in [3.05, 3.63) is 28.4 Å². The Balaban J connectivity index is 1.31. The summed E-state index contributed by atoms with van der Waals surface area (Å²) in [5, 5.41) is 41.2. The van der Waals surface area contributed by atoms with Gasteiger partial charge in [-0.3, -0.25) is 14.5 Å². The number of amides is 2. The molecule has 2 aliphatic heterocycles. The summed E-state index contributed by atoms with van der Waals surface area (Å²) in [4.78, 5) is 42.6. The van der Waals surface area contributed by atoms with Gasteiger partial charge in [-0.1, -0.05) is 16.9 Å². The highest BCUT2D eigenvalue weighted by atomic mass is 32.2. The number of fused-ring (bicyclic) bond motifs is 2. The summed E-state index contributed by atoms with van der Waals surface area (Å²) < 4.78 is 1.17. The molecule has 3 aromatic rings. The van der Waals surface area contributed by atoms with Crippen LogP contribution < -0.4 is 16.8 Å². The lowest BCUT2D eigenvalue weighted by atomic mass is 10.0. The van der Waals surface area contributed by atoms with E-state index in [1.54, 1.807) is 6.07 Å². The summed E-state index contributed by atoms with van der Waals surface area (Å²) in [6.07, 6.45) is 0. The van der Waals surface area contributed by atoms with E-state index in [1.807, 2.05) is 0 Å². The van der Waals surface area contributed by atoms with Gasteiger partial charge in [-0.25, -0.2) is 9.78 Å². The molecule has 0 bridgehead atoms. The van der Waals surface area contributed by atoms with Crippen molar-refractivity contribution in [2.24, 2.45) is 5.16 Å². The zero-order valence-corrected chi connectivity index (χ0v) is 20.2. The Morgan fingerprint density at radius 2 is 2.17 bits per heavy atom. The van der Waals surface area contributed by atoms with Gasteiger partial charge < -0.3 is 27.1 Å². The van der Waals surface area contributed by atoms with Crippen LogP contribution in [0.4, 0.5) is 10.8 Å². The maximum Gasteiger partial charge on any atom is 0.352 e. The molecular formula is C17H15N11O5S3. The maximum absolute atomic E-state index is 12.9. The lowest BCUT2D eigenvalue weighted by Gasteiger charge is -2.49. The Morgan fingerprint density at radius 1 is 1.36 bits per heavy atom. The Morgan fingerprint density at radius 3 is 2.86 bits per heavy atom. The molecule has 186 valence electrons. The van der Waals surface area contributed by atoms with E-state index in [0.717, 1.165) is 16.2 Å². The molecule has 16 nitrogen and oxygen atoms in total. The van der Waals surface area contributed by atoms with Crippen LogP contribution >= 0.6 is 34.9 Å². The number of carboxylic acid groups (broad SMARTS) is 1. The van der Waals surface area contributed by atoms with Gasteiger partial charge in [-0.15, -0.1) is 37.9 Å². The van der Waals surface area contributed by atoms with Crippen molar-refractivity contribution < 1.29 is 24.7 Å². The molecule has 7 N–H and O–H groups in total. The number of oxime groups is 1. The average Bonchev–Trinajstić information content (AvgIpc) is 3.50. The lowest BCUT2D eigenvalue weighted by molar-refractivity contribution is -0.150. The van der Waals surface area contributed by atoms with Gasteiger partial charge in [0.1, 0.15) is 27.8 Å². The molecule has 0 aliphatic carbocycles. The fourth-order valence-electron chi connectivity index (χ4n) is 3.59. The summed E-state index contributed by atoms with van der Waals surface area (Å²) in [6, 6.07) is 0.565. The number of aromatic nitrogens is 6. The van der Waals surface area contributed by atoms with E-state index in [-0.39, 0.29) is 22.3 Å². The third kappa shape index (κ3) is 4.05. The fourth-order valence-corrected chi connectivity index (χ4v) is 6.52. The van der Waals surface area contributed by atoms with E-state index in [0.29, 0.717) is 27.7 Å². The van der Waals surface area contributed by atoms with Crippen molar-refractivity contribution in [3.63, 3.8) is 0 Å². The fraction of sp³-hybridized carbons (Fsp3) is 0.235. The number of carboxylic acids is 1. The summed E-state index contributed by atoms with van der Waals surface area (Å²) >= 11 is 3.56. The minimum absolute atomic E-state index is 0.0527. The first-order valence-corrected chi connectivity index (χ1v) is 12.8. The maximum atomic E-state index is 12.9. The van der Waals surface area contributed by atoms with Crippen LogP contribution in [0.1, 0.15) is 5.69 Å². The van der Waals surface area contributed by atoms with Gasteiger partial charge in [0, 0.05) is 16.9 Å². The largest absolute Gasteiger partial charge is 0.477 e. The number of nitrogen functional groups attached to an aromatic ring is 2. The molecular weight excluding hydrogens is 534 g/mol. The van der Waals surface area contributed by atoms with E-state index >= 15 is 0 Å². The molecule has 1 saturated heterocycles. The second-order valence-corrected chi connectivity index (χ2v) is 10.3. The van der Waals surface area contributed by atoms with Crippen LogP contribution in [-0.2, 0) is 14.4 Å². The van der Waals surface area contributed by atoms with Gasteiger partial charge in [0.25, 0.3) is 11.8 Å². The van der Waals surface area contributed by atoms with Gasteiger partial charge in [0.2, 0.25) is 5.65 Å². The van der Waals surface area contributed by atoms with Crippen molar-refractivity contribution in [2.45, 2.75) is 16.4 Å². The number of anilines is 2. The van der Waals surface area contributed by atoms with E-state index < -0.39 is 34.9 Å². The molecule has 19 heteroatoms. The SMILES string of the molecule is Nc1nc(C(=NO)C(=O)NC2C(=O)N3C(C(=O)O)=C(CSc4cc(N)c5nnnn5n4)CS[C@H]23)cs1. The number of nitrogens with one attached hydrogen (secondary N) is 1. The number of nitrogens with two attached hydrogens (primary N) is 2. The summed E-state index contributed by atoms with van der Waals surface area (Å²) in [5.41, 5.74) is 12.1. The van der Waals surface area contributed by atoms with Crippen LogP contribution in [0, 0.1) is 0 Å². The Hall–Kier alpha value is -3.97. The third-order valence-electron chi connectivity index (χ3n) is 5.19. The second kappa shape index (κ2) is 9.24. The summed E-state index contributed by atoms with van der Waals surface area (Å²) in [6.45, 7) is 0. The van der Waals surface area contributed by atoms with Crippen LogP contribution in [0.2, 0.25) is 0 Å². The highest BCUT2D eigenvalue weighted by Gasteiger charge is 2.54. The molecule has 1 unspecified atom stereocenters. The first kappa shape index (κ1) is 23.8. The van der Waals surface area contributed by atoms with Crippen molar-refractivity contribution in [2.75, 3.05) is 23.0 Å². The smallest absolute Gasteiger partial charge is 0.352 e.